The Bertz CT molecular complexity index is 577. The summed E-state index contributed by atoms with van der Waals surface area (Å²) in [5.41, 5.74) is 0.688. The van der Waals surface area contributed by atoms with E-state index in [0.29, 0.717) is 18.7 Å². The van der Waals surface area contributed by atoms with E-state index in [9.17, 15) is 9.70 Å². The van der Waals surface area contributed by atoms with Crippen molar-refractivity contribution < 1.29 is 14.4 Å². The molecule has 7 heteroatoms. The van der Waals surface area contributed by atoms with Gasteiger partial charge in [-0.05, 0) is 18.2 Å². The van der Waals surface area contributed by atoms with Gasteiger partial charge < -0.3 is 19.8 Å². The molecule has 1 amide bonds. The molecule has 2 aliphatic rings. The Morgan fingerprint density at radius 1 is 1.55 bits per heavy atom. The van der Waals surface area contributed by atoms with Crippen LogP contribution in [0.1, 0.15) is 18.9 Å². The van der Waals surface area contributed by atoms with Gasteiger partial charge >= 0.3 is 0 Å². The van der Waals surface area contributed by atoms with E-state index in [1.54, 1.807) is 12.0 Å². The topological polar surface area (TPSA) is 80.2 Å². The van der Waals surface area contributed by atoms with Crippen molar-refractivity contribution in [3.63, 3.8) is 0 Å². The monoisotopic (exact) mass is 277 g/mol. The van der Waals surface area contributed by atoms with Crippen LogP contribution in [0.5, 0.6) is 5.75 Å². The van der Waals surface area contributed by atoms with Crippen molar-refractivity contribution in [2.45, 2.75) is 25.1 Å². The Kier molecular flexibility index (Phi) is 2.77. The van der Waals surface area contributed by atoms with Crippen LogP contribution in [0.4, 0.5) is 5.69 Å². The smallest absolute Gasteiger partial charge is 0.221 e. The van der Waals surface area contributed by atoms with Gasteiger partial charge in [0.2, 0.25) is 11.5 Å². The summed E-state index contributed by atoms with van der Waals surface area (Å²) in [6.07, 6.45) is 0.0932. The number of methoxy groups -OCH3 is 1. The Morgan fingerprint density at radius 3 is 3.00 bits per heavy atom. The van der Waals surface area contributed by atoms with Gasteiger partial charge in [-0.2, -0.15) is 0 Å². The molecule has 106 valence electrons. The molecule has 0 saturated carbocycles. The van der Waals surface area contributed by atoms with E-state index in [-0.39, 0.29) is 5.91 Å². The number of nitrogens with zero attached hydrogens (tertiary/aromatic N) is 2. The molecule has 2 atom stereocenters. The molecular formula is C13H15N3O4. The minimum Gasteiger partial charge on any atom is -0.497 e. The SMILES string of the molecule is COc1ccc2c(c1)C1(ON=O)CCN(C(C)=O)C1N2. The highest BCUT2D eigenvalue weighted by Crippen LogP contribution is 2.50. The molecule has 0 radical (unpaired) electrons. The predicted octanol–water partition coefficient (Wildman–Crippen LogP) is 1.59. The maximum absolute atomic E-state index is 11.7. The highest BCUT2D eigenvalue weighted by molar-refractivity contribution is 5.76. The number of nitrogens with one attached hydrogen (secondary N) is 1. The summed E-state index contributed by atoms with van der Waals surface area (Å²) in [6.45, 7) is 2.01. The number of rotatable bonds is 3. The van der Waals surface area contributed by atoms with Gasteiger partial charge in [0.1, 0.15) is 11.9 Å². The van der Waals surface area contributed by atoms with Crippen LogP contribution in [-0.4, -0.2) is 30.6 Å². The molecule has 1 fully saturated rings. The van der Waals surface area contributed by atoms with E-state index in [0.717, 1.165) is 11.3 Å². The van der Waals surface area contributed by atoms with Gasteiger partial charge in [-0.3, -0.25) is 4.79 Å². The molecule has 1 aromatic carbocycles. The number of ether oxygens (including phenoxy) is 1. The maximum atomic E-state index is 11.7. The van der Waals surface area contributed by atoms with Crippen LogP contribution in [-0.2, 0) is 15.2 Å². The van der Waals surface area contributed by atoms with Crippen LogP contribution in [0.15, 0.2) is 23.5 Å². The number of carbonyl (C=O) groups is 1. The molecule has 2 aliphatic heterocycles. The second-order valence-corrected chi connectivity index (χ2v) is 4.98. The molecule has 1 aromatic rings. The van der Waals surface area contributed by atoms with Crippen molar-refractivity contribution in [3.8, 4) is 5.75 Å². The first-order valence-corrected chi connectivity index (χ1v) is 6.35. The number of amides is 1. The fourth-order valence-corrected chi connectivity index (χ4v) is 3.10. The number of benzene rings is 1. The lowest BCUT2D eigenvalue weighted by Crippen LogP contribution is -2.46. The summed E-state index contributed by atoms with van der Waals surface area (Å²) >= 11 is 0. The fraction of sp³-hybridized carbons (Fsp3) is 0.462. The first-order valence-electron chi connectivity index (χ1n) is 6.35. The second-order valence-electron chi connectivity index (χ2n) is 4.98. The molecule has 1 N–H and O–H groups in total. The third-order valence-electron chi connectivity index (χ3n) is 4.06. The minimum atomic E-state index is -0.933. The molecule has 7 nitrogen and oxygen atoms in total. The van der Waals surface area contributed by atoms with E-state index in [1.807, 2.05) is 18.2 Å². The van der Waals surface area contributed by atoms with Crippen LogP contribution >= 0.6 is 0 Å². The van der Waals surface area contributed by atoms with Crippen molar-refractivity contribution in [1.29, 1.82) is 0 Å². The Balaban J connectivity index is 2.09. The molecule has 1 saturated heterocycles. The first-order chi connectivity index (χ1) is 9.62. The van der Waals surface area contributed by atoms with Crippen molar-refractivity contribution in [2.75, 3.05) is 19.0 Å². The molecule has 0 aliphatic carbocycles. The zero-order valence-electron chi connectivity index (χ0n) is 11.3. The second kappa shape index (κ2) is 4.36. The Labute approximate surface area is 115 Å². The molecule has 0 aromatic heterocycles. The molecule has 20 heavy (non-hydrogen) atoms. The number of carbonyl (C=O) groups excluding carboxylic acids is 1. The quantitative estimate of drug-likeness (QED) is 0.670. The molecule has 2 unspecified atom stereocenters. The molecule has 0 spiro atoms. The molecule has 0 bridgehead atoms. The van der Waals surface area contributed by atoms with Gasteiger partial charge in [-0.25, -0.2) is 0 Å². The zero-order chi connectivity index (χ0) is 14.3. The minimum absolute atomic E-state index is 0.0707. The van der Waals surface area contributed by atoms with Crippen molar-refractivity contribution in [2.24, 2.45) is 5.34 Å². The standard InChI is InChI=1S/C13H15N3O4/c1-8(17)16-6-5-13(20-15-18)10-7-9(19-2)3-4-11(10)14-12(13)16/h3-4,7,12,14H,5-6H2,1-2H3. The Hall–Kier alpha value is -2.31. The number of hydrogen-bond acceptors (Lipinski definition) is 6. The summed E-state index contributed by atoms with van der Waals surface area (Å²) in [5.74, 6) is 0.597. The van der Waals surface area contributed by atoms with Crippen molar-refractivity contribution in [1.82, 2.24) is 4.90 Å². The molecule has 3 rings (SSSR count). The zero-order valence-corrected chi connectivity index (χ0v) is 11.3. The Morgan fingerprint density at radius 2 is 2.35 bits per heavy atom. The van der Waals surface area contributed by atoms with Gasteiger partial charge in [0.15, 0.2) is 5.34 Å². The average molecular weight is 277 g/mol. The van der Waals surface area contributed by atoms with Crippen LogP contribution in [0.3, 0.4) is 0 Å². The van der Waals surface area contributed by atoms with E-state index in [2.05, 4.69) is 10.7 Å². The van der Waals surface area contributed by atoms with Crippen LogP contribution in [0.25, 0.3) is 0 Å². The maximum Gasteiger partial charge on any atom is 0.221 e. The summed E-state index contributed by atoms with van der Waals surface area (Å²) < 4.78 is 5.21. The van der Waals surface area contributed by atoms with Crippen LogP contribution in [0.2, 0.25) is 0 Å². The van der Waals surface area contributed by atoms with E-state index < -0.39 is 11.8 Å². The van der Waals surface area contributed by atoms with Crippen LogP contribution < -0.4 is 10.1 Å². The number of anilines is 1. The highest BCUT2D eigenvalue weighted by Gasteiger charge is 2.58. The predicted molar refractivity (Wildman–Crippen MR) is 71.0 cm³/mol. The molecular weight excluding hydrogens is 262 g/mol. The van der Waals surface area contributed by atoms with Crippen molar-refractivity contribution >= 4 is 11.6 Å². The lowest BCUT2D eigenvalue weighted by molar-refractivity contribution is -0.132. The molecule has 2 heterocycles. The lowest BCUT2D eigenvalue weighted by Gasteiger charge is -2.28. The van der Waals surface area contributed by atoms with E-state index in [1.165, 1.54) is 6.92 Å². The van der Waals surface area contributed by atoms with Gasteiger partial charge in [0, 0.05) is 31.1 Å². The number of hydrogen-bond donors (Lipinski definition) is 1. The average Bonchev–Trinajstić information content (AvgIpc) is 2.92. The third-order valence-corrected chi connectivity index (χ3v) is 4.06. The normalized spacial score (nSPS) is 26.5. The summed E-state index contributed by atoms with van der Waals surface area (Å²) in [7, 11) is 1.57. The number of fused-ring (bicyclic) bond motifs is 3. The summed E-state index contributed by atoms with van der Waals surface area (Å²) in [4.78, 5) is 29.2. The summed E-state index contributed by atoms with van der Waals surface area (Å²) in [5, 5.41) is 5.86. The van der Waals surface area contributed by atoms with E-state index >= 15 is 0 Å². The lowest BCUT2D eigenvalue weighted by atomic mass is 9.92. The fourth-order valence-electron chi connectivity index (χ4n) is 3.10. The van der Waals surface area contributed by atoms with E-state index in [4.69, 9.17) is 9.57 Å². The summed E-state index contributed by atoms with van der Waals surface area (Å²) in [6, 6.07) is 5.48. The van der Waals surface area contributed by atoms with Gasteiger partial charge in [0.05, 0.1) is 7.11 Å². The van der Waals surface area contributed by atoms with Crippen LogP contribution in [0, 0.1) is 4.91 Å². The highest BCUT2D eigenvalue weighted by atomic mass is 16.7. The number of likely N-dealkylation sites (tertiary alicyclic amines) is 1. The van der Waals surface area contributed by atoms with Gasteiger partial charge in [0.25, 0.3) is 0 Å². The van der Waals surface area contributed by atoms with Gasteiger partial charge in [-0.1, -0.05) is 0 Å². The largest absolute Gasteiger partial charge is 0.497 e. The third kappa shape index (κ3) is 1.55. The van der Waals surface area contributed by atoms with Gasteiger partial charge in [-0.15, -0.1) is 4.91 Å². The van der Waals surface area contributed by atoms with Crippen molar-refractivity contribution in [3.05, 3.63) is 28.7 Å². The first kappa shape index (κ1) is 12.7.